The predicted molar refractivity (Wildman–Crippen MR) is 71.6 cm³/mol. The van der Waals surface area contributed by atoms with Crippen molar-refractivity contribution in [1.29, 1.82) is 0 Å². The van der Waals surface area contributed by atoms with Crippen molar-refractivity contribution in [3.8, 4) is 0 Å². The first-order chi connectivity index (χ1) is 8.81. The number of methoxy groups -OCH3 is 1. The molecular formula is C14H13NO2S. The third kappa shape index (κ3) is 3.11. The summed E-state index contributed by atoms with van der Waals surface area (Å²) in [4.78, 5) is 16.7. The molecule has 0 atom stereocenters. The maximum atomic E-state index is 11.6. The van der Waals surface area contributed by atoms with Crippen molar-refractivity contribution in [1.82, 2.24) is 4.98 Å². The van der Waals surface area contributed by atoms with Crippen LogP contribution < -0.4 is 0 Å². The summed E-state index contributed by atoms with van der Waals surface area (Å²) in [7, 11) is 1.40. The molecule has 2 aromatic rings. The Bertz CT molecular complexity index is 528. The van der Waals surface area contributed by atoms with Crippen LogP contribution in [0.2, 0.25) is 0 Å². The number of aromatic nitrogens is 1. The number of nitrogens with zero attached hydrogens (tertiary/aromatic N) is 1. The lowest BCUT2D eigenvalue weighted by molar-refractivity contribution is 0.0600. The summed E-state index contributed by atoms with van der Waals surface area (Å²) in [5, 5.41) is 0. The molecule has 2 rings (SSSR count). The molecular weight excluding hydrogens is 246 g/mol. The SMILES string of the molecule is COC(=O)c1ccccc1CSc1ccncc1. The number of rotatable bonds is 4. The quantitative estimate of drug-likeness (QED) is 0.624. The van der Waals surface area contributed by atoms with Gasteiger partial charge in [0, 0.05) is 23.0 Å². The second-order valence-corrected chi connectivity index (χ2v) is 4.67. The van der Waals surface area contributed by atoms with Crippen molar-refractivity contribution in [2.75, 3.05) is 7.11 Å². The zero-order valence-electron chi connectivity index (χ0n) is 10.00. The number of pyridine rings is 1. The summed E-state index contributed by atoms with van der Waals surface area (Å²) >= 11 is 1.67. The number of hydrogen-bond donors (Lipinski definition) is 0. The van der Waals surface area contributed by atoms with Gasteiger partial charge in [-0.05, 0) is 23.8 Å². The largest absolute Gasteiger partial charge is 0.465 e. The highest BCUT2D eigenvalue weighted by molar-refractivity contribution is 7.98. The highest BCUT2D eigenvalue weighted by Crippen LogP contribution is 2.24. The van der Waals surface area contributed by atoms with E-state index in [2.05, 4.69) is 4.98 Å². The molecule has 1 aromatic heterocycles. The monoisotopic (exact) mass is 259 g/mol. The number of thioether (sulfide) groups is 1. The van der Waals surface area contributed by atoms with Gasteiger partial charge < -0.3 is 4.74 Å². The van der Waals surface area contributed by atoms with E-state index < -0.39 is 0 Å². The number of benzene rings is 1. The van der Waals surface area contributed by atoms with Gasteiger partial charge in [0.15, 0.2) is 0 Å². The summed E-state index contributed by atoms with van der Waals surface area (Å²) in [5.74, 6) is 0.441. The predicted octanol–water partition coefficient (Wildman–Crippen LogP) is 3.16. The van der Waals surface area contributed by atoms with Gasteiger partial charge in [0.1, 0.15) is 0 Å². The van der Waals surface area contributed by atoms with Crippen LogP contribution in [0.15, 0.2) is 53.7 Å². The number of esters is 1. The van der Waals surface area contributed by atoms with Crippen LogP contribution in [-0.2, 0) is 10.5 Å². The van der Waals surface area contributed by atoms with Crippen molar-refractivity contribution >= 4 is 17.7 Å². The molecule has 0 bridgehead atoms. The molecule has 1 heterocycles. The van der Waals surface area contributed by atoms with Gasteiger partial charge in [0.25, 0.3) is 0 Å². The van der Waals surface area contributed by atoms with Gasteiger partial charge in [0.2, 0.25) is 0 Å². The van der Waals surface area contributed by atoms with E-state index >= 15 is 0 Å². The molecule has 0 saturated heterocycles. The Labute approximate surface area is 110 Å². The first-order valence-electron chi connectivity index (χ1n) is 5.50. The number of hydrogen-bond acceptors (Lipinski definition) is 4. The van der Waals surface area contributed by atoms with Gasteiger partial charge in [0.05, 0.1) is 12.7 Å². The van der Waals surface area contributed by atoms with E-state index in [0.717, 1.165) is 16.2 Å². The minimum absolute atomic E-state index is 0.291. The van der Waals surface area contributed by atoms with Crippen molar-refractivity contribution < 1.29 is 9.53 Å². The molecule has 18 heavy (non-hydrogen) atoms. The van der Waals surface area contributed by atoms with Crippen molar-refractivity contribution in [2.24, 2.45) is 0 Å². The third-order valence-corrected chi connectivity index (χ3v) is 3.53. The molecule has 0 fully saturated rings. The topological polar surface area (TPSA) is 39.2 Å². The molecule has 4 heteroatoms. The van der Waals surface area contributed by atoms with Gasteiger partial charge in [-0.2, -0.15) is 0 Å². The fourth-order valence-electron chi connectivity index (χ4n) is 1.55. The summed E-state index contributed by atoms with van der Waals surface area (Å²) in [6, 6.07) is 11.4. The van der Waals surface area contributed by atoms with Crippen LogP contribution in [0.25, 0.3) is 0 Å². The number of carbonyl (C=O) groups is 1. The first-order valence-corrected chi connectivity index (χ1v) is 6.49. The lowest BCUT2D eigenvalue weighted by Gasteiger charge is -2.07. The van der Waals surface area contributed by atoms with Gasteiger partial charge in [-0.25, -0.2) is 4.79 Å². The minimum atomic E-state index is -0.291. The van der Waals surface area contributed by atoms with Crippen LogP contribution in [0.5, 0.6) is 0 Å². The molecule has 0 spiro atoms. The minimum Gasteiger partial charge on any atom is -0.465 e. The van der Waals surface area contributed by atoms with Crippen molar-refractivity contribution in [3.05, 3.63) is 59.9 Å². The second-order valence-electron chi connectivity index (χ2n) is 3.62. The Balaban J connectivity index is 2.12. The molecule has 1 aromatic carbocycles. The van der Waals surface area contributed by atoms with Crippen LogP contribution >= 0.6 is 11.8 Å². The van der Waals surface area contributed by atoms with E-state index in [1.807, 2.05) is 30.3 Å². The van der Waals surface area contributed by atoms with Crippen LogP contribution in [0.1, 0.15) is 15.9 Å². The van der Waals surface area contributed by atoms with Gasteiger partial charge in [-0.3, -0.25) is 4.98 Å². The molecule has 0 N–H and O–H groups in total. The van der Waals surface area contributed by atoms with E-state index in [1.54, 1.807) is 30.2 Å². The molecule has 3 nitrogen and oxygen atoms in total. The fraction of sp³-hybridized carbons (Fsp3) is 0.143. The summed E-state index contributed by atoms with van der Waals surface area (Å²) < 4.78 is 4.77. The van der Waals surface area contributed by atoms with E-state index in [0.29, 0.717) is 5.56 Å². The van der Waals surface area contributed by atoms with E-state index in [1.165, 1.54) is 7.11 Å². The molecule has 0 aliphatic rings. The molecule has 0 saturated carbocycles. The number of ether oxygens (including phenoxy) is 1. The van der Waals surface area contributed by atoms with Gasteiger partial charge in [-0.15, -0.1) is 11.8 Å². The van der Waals surface area contributed by atoms with Gasteiger partial charge >= 0.3 is 5.97 Å². The molecule has 92 valence electrons. The normalized spacial score (nSPS) is 10.1. The van der Waals surface area contributed by atoms with Crippen molar-refractivity contribution in [2.45, 2.75) is 10.6 Å². The fourth-order valence-corrected chi connectivity index (χ4v) is 2.44. The van der Waals surface area contributed by atoms with Gasteiger partial charge in [-0.1, -0.05) is 18.2 Å². The zero-order valence-corrected chi connectivity index (χ0v) is 10.8. The smallest absolute Gasteiger partial charge is 0.338 e. The highest BCUT2D eigenvalue weighted by atomic mass is 32.2. The lowest BCUT2D eigenvalue weighted by Crippen LogP contribution is -2.04. The third-order valence-electron chi connectivity index (χ3n) is 2.47. The summed E-state index contributed by atoms with van der Waals surface area (Å²) in [6.07, 6.45) is 3.52. The maximum absolute atomic E-state index is 11.6. The van der Waals surface area contributed by atoms with Crippen LogP contribution in [0.3, 0.4) is 0 Å². The Morgan fingerprint density at radius 2 is 1.94 bits per heavy atom. The molecule has 0 aliphatic heterocycles. The molecule has 0 aliphatic carbocycles. The van der Waals surface area contributed by atoms with Crippen LogP contribution in [0, 0.1) is 0 Å². The average Bonchev–Trinajstić information content (AvgIpc) is 2.45. The summed E-state index contributed by atoms with van der Waals surface area (Å²) in [6.45, 7) is 0. The van der Waals surface area contributed by atoms with Crippen LogP contribution in [0.4, 0.5) is 0 Å². The highest BCUT2D eigenvalue weighted by Gasteiger charge is 2.10. The van der Waals surface area contributed by atoms with E-state index in [9.17, 15) is 4.79 Å². The average molecular weight is 259 g/mol. The Morgan fingerprint density at radius 1 is 1.22 bits per heavy atom. The number of carbonyl (C=O) groups excluding carboxylic acids is 1. The first kappa shape index (κ1) is 12.6. The standard InChI is InChI=1S/C14H13NO2S/c1-17-14(16)13-5-3-2-4-11(13)10-18-12-6-8-15-9-7-12/h2-9H,10H2,1H3. The van der Waals surface area contributed by atoms with Crippen LogP contribution in [-0.4, -0.2) is 18.1 Å². The lowest BCUT2D eigenvalue weighted by atomic mass is 10.1. The van der Waals surface area contributed by atoms with E-state index in [-0.39, 0.29) is 5.97 Å². The molecule has 0 radical (unpaired) electrons. The molecule has 0 unspecified atom stereocenters. The molecule has 0 amide bonds. The van der Waals surface area contributed by atoms with Crippen molar-refractivity contribution in [3.63, 3.8) is 0 Å². The summed E-state index contributed by atoms with van der Waals surface area (Å²) in [5.41, 5.74) is 1.60. The van der Waals surface area contributed by atoms with E-state index in [4.69, 9.17) is 4.74 Å². The zero-order chi connectivity index (χ0) is 12.8. The Hall–Kier alpha value is -1.81. The second kappa shape index (κ2) is 6.21. The Kier molecular flexibility index (Phi) is 4.36. The maximum Gasteiger partial charge on any atom is 0.338 e. The Morgan fingerprint density at radius 3 is 2.67 bits per heavy atom.